The molecule has 0 radical (unpaired) electrons. The molecule has 0 saturated heterocycles. The molecule has 0 bridgehead atoms. The fraction of sp³-hybridized carbons (Fsp3) is 0.474. The van der Waals surface area contributed by atoms with Crippen molar-refractivity contribution < 1.29 is 4.79 Å². The Morgan fingerprint density at radius 3 is 2.83 bits per heavy atom. The molecule has 3 nitrogen and oxygen atoms in total. The van der Waals surface area contributed by atoms with E-state index in [1.807, 2.05) is 23.6 Å². The molecule has 1 aromatic carbocycles. The zero-order valence-electron chi connectivity index (χ0n) is 13.6. The van der Waals surface area contributed by atoms with Crippen molar-refractivity contribution in [1.82, 2.24) is 10.3 Å². The highest BCUT2D eigenvalue weighted by molar-refractivity contribution is 7.09. The van der Waals surface area contributed by atoms with Crippen molar-refractivity contribution in [3.05, 3.63) is 52.0 Å². The van der Waals surface area contributed by atoms with Crippen LogP contribution in [-0.4, -0.2) is 16.9 Å². The summed E-state index contributed by atoms with van der Waals surface area (Å²) in [7, 11) is 0. The van der Waals surface area contributed by atoms with Gasteiger partial charge in [-0.25, -0.2) is 4.98 Å². The highest BCUT2D eigenvalue weighted by atomic mass is 32.1. The number of aromatic nitrogens is 1. The van der Waals surface area contributed by atoms with Crippen LogP contribution < -0.4 is 5.32 Å². The van der Waals surface area contributed by atoms with Crippen molar-refractivity contribution in [1.29, 1.82) is 0 Å². The number of nitrogens with zero attached hydrogens (tertiary/aromatic N) is 1. The summed E-state index contributed by atoms with van der Waals surface area (Å²) in [5.41, 5.74) is 2.15. The van der Waals surface area contributed by atoms with Gasteiger partial charge in [0.2, 0.25) is 5.91 Å². The first-order valence-electron chi connectivity index (χ1n) is 8.47. The summed E-state index contributed by atoms with van der Waals surface area (Å²) in [6.45, 7) is 2.24. The third-order valence-corrected chi connectivity index (χ3v) is 5.49. The summed E-state index contributed by atoms with van der Waals surface area (Å²) in [5.74, 6) is 0.706. The van der Waals surface area contributed by atoms with Gasteiger partial charge in [0, 0.05) is 17.8 Å². The lowest BCUT2D eigenvalue weighted by atomic mass is 9.86. The van der Waals surface area contributed by atoms with Crippen molar-refractivity contribution in [2.75, 3.05) is 0 Å². The third-order valence-electron chi connectivity index (χ3n) is 4.60. The number of hydrogen-bond donors (Lipinski definition) is 1. The van der Waals surface area contributed by atoms with E-state index in [1.165, 1.54) is 24.8 Å². The largest absolute Gasteiger partial charge is 0.353 e. The van der Waals surface area contributed by atoms with Crippen molar-refractivity contribution in [2.24, 2.45) is 5.92 Å². The molecule has 1 fully saturated rings. The molecule has 0 spiro atoms. The number of hydrogen-bond acceptors (Lipinski definition) is 3. The lowest BCUT2D eigenvalue weighted by Gasteiger charge is -2.29. The minimum Gasteiger partial charge on any atom is -0.353 e. The van der Waals surface area contributed by atoms with E-state index < -0.39 is 0 Å². The van der Waals surface area contributed by atoms with Crippen LogP contribution in [0.15, 0.2) is 35.7 Å². The van der Waals surface area contributed by atoms with Gasteiger partial charge < -0.3 is 5.32 Å². The number of nitrogens with one attached hydrogen (secondary N) is 1. The summed E-state index contributed by atoms with van der Waals surface area (Å²) in [5, 5.41) is 6.29. The van der Waals surface area contributed by atoms with Gasteiger partial charge in [0.1, 0.15) is 0 Å². The fourth-order valence-electron chi connectivity index (χ4n) is 3.23. The molecule has 1 saturated carbocycles. The van der Waals surface area contributed by atoms with E-state index in [9.17, 15) is 4.79 Å². The second-order valence-electron chi connectivity index (χ2n) is 6.51. The van der Waals surface area contributed by atoms with E-state index in [-0.39, 0.29) is 5.91 Å². The molecule has 1 N–H and O–H groups in total. The smallest absolute Gasteiger partial charge is 0.226 e. The Kier molecular flexibility index (Phi) is 5.44. The van der Waals surface area contributed by atoms with Crippen LogP contribution in [0.2, 0.25) is 0 Å². The van der Waals surface area contributed by atoms with Gasteiger partial charge in [-0.15, -0.1) is 11.3 Å². The predicted molar refractivity (Wildman–Crippen MR) is 94.6 cm³/mol. The van der Waals surface area contributed by atoms with Crippen LogP contribution >= 0.6 is 11.3 Å². The number of benzene rings is 1. The van der Waals surface area contributed by atoms with Crippen LogP contribution in [0.5, 0.6) is 0 Å². The van der Waals surface area contributed by atoms with Crippen LogP contribution in [-0.2, 0) is 17.6 Å². The highest BCUT2D eigenvalue weighted by Gasteiger charge is 2.23. The Hall–Kier alpha value is -1.68. The van der Waals surface area contributed by atoms with Gasteiger partial charge in [0.05, 0.1) is 17.1 Å². The summed E-state index contributed by atoms with van der Waals surface area (Å²) < 4.78 is 0. The second-order valence-corrected chi connectivity index (χ2v) is 7.45. The van der Waals surface area contributed by atoms with Gasteiger partial charge in [0.25, 0.3) is 0 Å². The van der Waals surface area contributed by atoms with Crippen molar-refractivity contribution in [2.45, 2.75) is 51.5 Å². The maximum absolute atomic E-state index is 12.2. The SMILES string of the molecule is CC1CCCCC1NC(=O)Cc1csc(Cc2ccccc2)n1. The molecule has 3 rings (SSSR count). The topological polar surface area (TPSA) is 42.0 Å². The Balaban J connectivity index is 1.53. The summed E-state index contributed by atoms with van der Waals surface area (Å²) in [6, 6.07) is 10.7. The molecule has 1 aromatic heterocycles. The highest BCUT2D eigenvalue weighted by Crippen LogP contribution is 2.24. The fourth-order valence-corrected chi connectivity index (χ4v) is 4.06. The maximum atomic E-state index is 12.2. The van der Waals surface area contributed by atoms with Crippen molar-refractivity contribution in [3.63, 3.8) is 0 Å². The molecule has 122 valence electrons. The molecular weight excluding hydrogens is 304 g/mol. The van der Waals surface area contributed by atoms with Crippen LogP contribution in [0.3, 0.4) is 0 Å². The monoisotopic (exact) mass is 328 g/mol. The molecule has 0 aliphatic heterocycles. The van der Waals surface area contributed by atoms with Crippen molar-refractivity contribution >= 4 is 17.2 Å². The van der Waals surface area contributed by atoms with E-state index >= 15 is 0 Å². The van der Waals surface area contributed by atoms with Crippen LogP contribution in [0.1, 0.15) is 48.9 Å². The van der Waals surface area contributed by atoms with Crippen LogP contribution in [0, 0.1) is 5.92 Å². The number of carbonyl (C=O) groups is 1. The van der Waals surface area contributed by atoms with Crippen LogP contribution in [0.25, 0.3) is 0 Å². The Bertz CT molecular complexity index is 638. The quantitative estimate of drug-likeness (QED) is 0.902. The molecule has 1 aliphatic carbocycles. The average Bonchev–Trinajstić information content (AvgIpc) is 2.97. The lowest BCUT2D eigenvalue weighted by molar-refractivity contribution is -0.121. The molecule has 1 amide bonds. The number of thiazole rings is 1. The van der Waals surface area contributed by atoms with Gasteiger partial charge in [-0.2, -0.15) is 0 Å². The molecule has 1 heterocycles. The summed E-state index contributed by atoms with van der Waals surface area (Å²) in [6.07, 6.45) is 6.10. The van der Waals surface area contributed by atoms with Gasteiger partial charge >= 0.3 is 0 Å². The molecule has 2 unspecified atom stereocenters. The Labute approximate surface area is 142 Å². The van der Waals surface area contributed by atoms with Gasteiger partial charge in [-0.05, 0) is 24.3 Å². The molecular formula is C19H24N2OS. The molecule has 4 heteroatoms. The van der Waals surface area contributed by atoms with E-state index in [0.29, 0.717) is 18.4 Å². The molecule has 2 aromatic rings. The zero-order valence-corrected chi connectivity index (χ0v) is 14.4. The first-order chi connectivity index (χ1) is 11.2. The van der Waals surface area contributed by atoms with Crippen molar-refractivity contribution in [3.8, 4) is 0 Å². The minimum absolute atomic E-state index is 0.111. The van der Waals surface area contributed by atoms with E-state index in [4.69, 9.17) is 0 Å². The van der Waals surface area contributed by atoms with E-state index in [1.54, 1.807) is 11.3 Å². The predicted octanol–water partition coefficient (Wildman–Crippen LogP) is 3.97. The van der Waals surface area contributed by atoms with Crippen LogP contribution in [0.4, 0.5) is 0 Å². The maximum Gasteiger partial charge on any atom is 0.226 e. The summed E-state index contributed by atoms with van der Waals surface area (Å²) >= 11 is 1.64. The van der Waals surface area contributed by atoms with E-state index in [2.05, 4.69) is 29.4 Å². The second kappa shape index (κ2) is 7.73. The average molecular weight is 328 g/mol. The Morgan fingerprint density at radius 2 is 2.04 bits per heavy atom. The van der Waals surface area contributed by atoms with E-state index in [0.717, 1.165) is 23.5 Å². The molecule has 1 aliphatic rings. The minimum atomic E-state index is 0.111. The molecule has 2 atom stereocenters. The summed E-state index contributed by atoms with van der Waals surface area (Å²) in [4.78, 5) is 16.9. The first kappa shape index (κ1) is 16.2. The number of rotatable bonds is 5. The molecule has 23 heavy (non-hydrogen) atoms. The number of amides is 1. The lowest BCUT2D eigenvalue weighted by Crippen LogP contribution is -2.41. The van der Waals surface area contributed by atoms with Gasteiger partial charge in [0.15, 0.2) is 0 Å². The Morgan fingerprint density at radius 1 is 1.26 bits per heavy atom. The third kappa shape index (κ3) is 4.64. The van der Waals surface area contributed by atoms with Gasteiger partial charge in [-0.1, -0.05) is 50.1 Å². The number of carbonyl (C=O) groups excluding carboxylic acids is 1. The zero-order chi connectivity index (χ0) is 16.1. The standard InChI is InChI=1S/C19H24N2OS/c1-14-7-5-6-10-17(14)21-18(22)12-16-13-23-19(20-16)11-15-8-3-2-4-9-15/h2-4,8-9,13-14,17H,5-7,10-12H2,1H3,(H,21,22). The van der Waals surface area contributed by atoms with Gasteiger partial charge in [-0.3, -0.25) is 4.79 Å². The first-order valence-corrected chi connectivity index (χ1v) is 9.35. The normalized spacial score (nSPS) is 21.1.